The normalized spacial score (nSPS) is 50.0. The number of cyclic esters (lactones) is 1. The van der Waals surface area contributed by atoms with Crippen molar-refractivity contribution in [2.45, 2.75) is 88.2 Å². The molecule has 0 radical (unpaired) electrons. The zero-order valence-corrected chi connectivity index (χ0v) is 22.1. The van der Waals surface area contributed by atoms with E-state index >= 15 is 0 Å². The molecule has 4 fully saturated rings. The predicted molar refractivity (Wildman–Crippen MR) is 134 cm³/mol. The fraction of sp³-hybridized carbons (Fsp3) is 0.655. The van der Waals surface area contributed by atoms with E-state index in [9.17, 15) is 19.8 Å². The van der Waals surface area contributed by atoms with Crippen molar-refractivity contribution in [2.24, 2.45) is 10.8 Å². The lowest BCUT2D eigenvalue weighted by Crippen LogP contribution is -2.66. The fourth-order valence-electron chi connectivity index (χ4n) is 7.68. The van der Waals surface area contributed by atoms with E-state index in [-0.39, 0.29) is 25.4 Å². The maximum atomic E-state index is 13.2. The number of carbonyl (C=O) groups is 2. The lowest BCUT2D eigenvalue weighted by molar-refractivity contribution is -0.232. The van der Waals surface area contributed by atoms with Crippen molar-refractivity contribution in [1.29, 1.82) is 0 Å². The molecule has 2 aliphatic carbocycles. The average Bonchev–Trinajstić information content (AvgIpc) is 3.65. The van der Waals surface area contributed by atoms with E-state index in [2.05, 4.69) is 19.9 Å². The molecule has 9 heteroatoms. The maximum absolute atomic E-state index is 13.2. The Balaban J connectivity index is 1.44. The highest BCUT2D eigenvalue weighted by molar-refractivity contribution is 5.83. The van der Waals surface area contributed by atoms with Crippen LogP contribution in [0.5, 0.6) is 0 Å². The van der Waals surface area contributed by atoms with Gasteiger partial charge in [0.1, 0.15) is 30.0 Å². The largest absolute Gasteiger partial charge is 0.462 e. The smallest absolute Gasteiger partial charge is 0.331 e. The Labute approximate surface area is 222 Å². The molecule has 3 saturated heterocycles. The number of rotatable bonds is 1. The molecular formula is C29H36O9. The third-order valence-corrected chi connectivity index (χ3v) is 10.1. The van der Waals surface area contributed by atoms with Crippen molar-refractivity contribution in [1.82, 2.24) is 0 Å². The lowest BCUT2D eigenvalue weighted by Gasteiger charge is -2.58. The minimum absolute atomic E-state index is 0.0519. The Hall–Kier alpha value is -2.30. The van der Waals surface area contributed by atoms with Gasteiger partial charge in [0.2, 0.25) is 0 Å². The summed E-state index contributed by atoms with van der Waals surface area (Å²) in [6, 6.07) is 0. The number of ether oxygens (including phenoxy) is 5. The van der Waals surface area contributed by atoms with Crippen LogP contribution >= 0.6 is 0 Å². The molecule has 1 saturated carbocycles. The van der Waals surface area contributed by atoms with Crippen LogP contribution in [0.25, 0.3) is 0 Å². The second-order valence-corrected chi connectivity index (χ2v) is 11.8. The van der Waals surface area contributed by atoms with Crippen LogP contribution in [0.15, 0.2) is 47.6 Å². The highest BCUT2D eigenvalue weighted by Gasteiger charge is 2.83. The van der Waals surface area contributed by atoms with Gasteiger partial charge >= 0.3 is 11.9 Å². The summed E-state index contributed by atoms with van der Waals surface area (Å²) in [6.45, 7) is 6.43. The highest BCUT2D eigenvalue weighted by atomic mass is 16.6. The van der Waals surface area contributed by atoms with Gasteiger partial charge in [-0.1, -0.05) is 30.7 Å². The van der Waals surface area contributed by atoms with Crippen molar-refractivity contribution < 1.29 is 43.5 Å². The van der Waals surface area contributed by atoms with Crippen LogP contribution in [0.1, 0.15) is 46.5 Å². The summed E-state index contributed by atoms with van der Waals surface area (Å²) in [5.74, 6) is -1.10. The molecule has 9 nitrogen and oxygen atoms in total. The van der Waals surface area contributed by atoms with Gasteiger partial charge in [0.25, 0.3) is 0 Å². The summed E-state index contributed by atoms with van der Waals surface area (Å²) in [5.41, 5.74) is -1.76. The first-order valence-corrected chi connectivity index (χ1v) is 13.5. The molecule has 2 spiro atoms. The number of carbonyl (C=O) groups excluding carboxylic acids is 2. The molecule has 38 heavy (non-hydrogen) atoms. The molecule has 2 N–H and O–H groups in total. The van der Waals surface area contributed by atoms with Crippen LogP contribution in [-0.2, 0) is 33.3 Å². The quantitative estimate of drug-likeness (QED) is 0.299. The molecule has 9 atom stereocenters. The number of esters is 2. The first-order chi connectivity index (χ1) is 18.1. The van der Waals surface area contributed by atoms with Gasteiger partial charge < -0.3 is 33.9 Å². The van der Waals surface area contributed by atoms with Gasteiger partial charge in [0.15, 0.2) is 0 Å². The zero-order valence-electron chi connectivity index (χ0n) is 22.1. The summed E-state index contributed by atoms with van der Waals surface area (Å²) in [4.78, 5) is 26.2. The van der Waals surface area contributed by atoms with E-state index < -0.39 is 52.3 Å². The summed E-state index contributed by atoms with van der Waals surface area (Å²) in [7, 11) is 0. The molecule has 0 amide bonds. The van der Waals surface area contributed by atoms with Gasteiger partial charge in [-0.25, -0.2) is 9.59 Å². The van der Waals surface area contributed by atoms with Crippen molar-refractivity contribution in [3.8, 4) is 0 Å². The standard InChI is InChI=1S/C29H36O9/c1-17-7-10-27-15-34-24(32)13-19-8-11-35-28(18(2)30,25(19)33)9-5-4-6-23(31)38-20-14-22(37-21(27)12-17)29(16-36-29)26(20,27)3/h4-6,9,12-13,18,20-22,25,30,33H,7-8,10-11,14-16H2,1-3H3/b6-4-,9-5+,19-13+/t18-,20+,21+,22+,25+,26+,27+,28+,29+/m0/s1. The number of hydrogen-bond acceptors (Lipinski definition) is 9. The van der Waals surface area contributed by atoms with Crippen LogP contribution in [-0.4, -0.2) is 83.7 Å². The van der Waals surface area contributed by atoms with Gasteiger partial charge in [-0.2, -0.15) is 0 Å². The molecule has 6 aliphatic rings. The molecular weight excluding hydrogens is 492 g/mol. The molecule has 206 valence electrons. The molecule has 0 aromatic carbocycles. The second kappa shape index (κ2) is 8.86. The number of aliphatic hydroxyl groups excluding tert-OH is 2. The minimum atomic E-state index is -1.47. The van der Waals surface area contributed by atoms with E-state index in [1.807, 2.05) is 0 Å². The molecule has 0 unspecified atom stereocenters. The Kier molecular flexibility index (Phi) is 6.05. The van der Waals surface area contributed by atoms with Gasteiger partial charge in [-0.15, -0.1) is 0 Å². The van der Waals surface area contributed by atoms with Crippen LogP contribution in [0.2, 0.25) is 0 Å². The summed E-state index contributed by atoms with van der Waals surface area (Å²) >= 11 is 0. The van der Waals surface area contributed by atoms with Crippen molar-refractivity contribution in [3.63, 3.8) is 0 Å². The Morgan fingerprint density at radius 1 is 1.08 bits per heavy atom. The number of hydrogen-bond donors (Lipinski definition) is 2. The van der Waals surface area contributed by atoms with E-state index in [0.717, 1.165) is 6.42 Å². The van der Waals surface area contributed by atoms with Crippen molar-refractivity contribution in [2.75, 3.05) is 19.8 Å². The number of allylic oxidation sites excluding steroid dienone is 3. The Morgan fingerprint density at radius 3 is 2.61 bits per heavy atom. The first kappa shape index (κ1) is 26.0. The number of epoxide rings is 1. The fourth-order valence-corrected chi connectivity index (χ4v) is 7.68. The van der Waals surface area contributed by atoms with Crippen molar-refractivity contribution >= 4 is 11.9 Å². The van der Waals surface area contributed by atoms with E-state index in [1.54, 1.807) is 6.08 Å². The zero-order chi connectivity index (χ0) is 26.9. The van der Waals surface area contributed by atoms with Gasteiger partial charge in [0.05, 0.1) is 36.9 Å². The summed E-state index contributed by atoms with van der Waals surface area (Å²) in [6.07, 6.45) is 8.21. The SMILES string of the molecule is CC1=C[C@H]2O[C@@H]3C[C@H]4OC(=O)/C=C\C=C\[C@]5([C@H](C)O)OCC/C(=C\C(=O)OC[C@@]2(CC1)[C@]4(C)[C@@]31CO1)[C@H]5O. The van der Waals surface area contributed by atoms with Crippen LogP contribution in [0.3, 0.4) is 0 Å². The monoisotopic (exact) mass is 528 g/mol. The van der Waals surface area contributed by atoms with Gasteiger partial charge in [0, 0.05) is 24.0 Å². The van der Waals surface area contributed by atoms with E-state index in [0.29, 0.717) is 31.4 Å². The van der Waals surface area contributed by atoms with Crippen LogP contribution < -0.4 is 0 Å². The average molecular weight is 529 g/mol. The molecule has 4 heterocycles. The predicted octanol–water partition coefficient (Wildman–Crippen LogP) is 2.07. The van der Waals surface area contributed by atoms with Crippen LogP contribution in [0.4, 0.5) is 0 Å². The summed E-state index contributed by atoms with van der Waals surface area (Å²) < 4.78 is 30.6. The summed E-state index contributed by atoms with van der Waals surface area (Å²) in [5, 5.41) is 21.7. The van der Waals surface area contributed by atoms with Crippen LogP contribution in [0, 0.1) is 10.8 Å². The van der Waals surface area contributed by atoms with E-state index in [1.165, 1.54) is 36.8 Å². The maximum Gasteiger partial charge on any atom is 0.331 e. The number of aliphatic hydroxyl groups is 2. The Bertz CT molecular complexity index is 1150. The first-order valence-electron chi connectivity index (χ1n) is 13.5. The van der Waals surface area contributed by atoms with E-state index in [4.69, 9.17) is 23.7 Å². The van der Waals surface area contributed by atoms with Crippen molar-refractivity contribution in [3.05, 3.63) is 47.6 Å². The highest BCUT2D eigenvalue weighted by Crippen LogP contribution is 2.72. The van der Waals surface area contributed by atoms with Gasteiger partial charge in [-0.05, 0) is 44.8 Å². The molecule has 4 aliphatic heterocycles. The van der Waals surface area contributed by atoms with Gasteiger partial charge in [-0.3, -0.25) is 0 Å². The third-order valence-electron chi connectivity index (χ3n) is 10.1. The molecule has 4 bridgehead atoms. The minimum Gasteiger partial charge on any atom is -0.462 e. The molecule has 0 aromatic rings. The third kappa shape index (κ3) is 3.48. The molecule has 6 rings (SSSR count). The second-order valence-electron chi connectivity index (χ2n) is 11.8. The Morgan fingerprint density at radius 2 is 1.87 bits per heavy atom. The number of fused-ring (bicyclic) bond motifs is 2. The topological polar surface area (TPSA) is 124 Å². The molecule has 0 aromatic heterocycles. The lowest BCUT2D eigenvalue weighted by atomic mass is 9.51.